The second-order valence-corrected chi connectivity index (χ2v) is 11.1. The van der Waals surface area contributed by atoms with Gasteiger partial charge in [0.1, 0.15) is 11.5 Å². The van der Waals surface area contributed by atoms with E-state index < -0.39 is 0 Å². The highest BCUT2D eigenvalue weighted by atomic mass is 79.9. The normalized spacial score (nSPS) is 15.7. The summed E-state index contributed by atoms with van der Waals surface area (Å²) in [5, 5.41) is 3.89. The molecular weight excluding hydrogens is 570 g/mol. The zero-order valence-electron chi connectivity index (χ0n) is 22.6. The summed E-state index contributed by atoms with van der Waals surface area (Å²) in [6.07, 6.45) is 11.2. The van der Waals surface area contributed by atoms with Crippen LogP contribution in [0.1, 0.15) is 29.2 Å². The number of carbonyl (C=O) groups excluding carboxylic acids is 2. The molecule has 0 aliphatic carbocycles. The number of hydrogen-bond acceptors (Lipinski definition) is 6. The summed E-state index contributed by atoms with van der Waals surface area (Å²) in [7, 11) is 3.87. The van der Waals surface area contributed by atoms with Crippen LogP contribution in [0.5, 0.6) is 0 Å². The lowest BCUT2D eigenvalue weighted by Crippen LogP contribution is -2.41. The molecule has 40 heavy (non-hydrogen) atoms. The minimum absolute atomic E-state index is 0.107. The first kappa shape index (κ1) is 27.7. The maximum Gasteiger partial charge on any atom is 0.272 e. The van der Waals surface area contributed by atoms with Gasteiger partial charge in [0.05, 0.1) is 22.1 Å². The number of likely N-dealkylation sites (N-methyl/N-ethyl adjacent to an activating group) is 1. The molecule has 4 heterocycles. The van der Waals surface area contributed by atoms with Crippen LogP contribution in [0.25, 0.3) is 22.2 Å². The number of aromatic amines is 1. The number of fused-ring (bicyclic) bond motifs is 1. The van der Waals surface area contributed by atoms with Crippen molar-refractivity contribution in [2.75, 3.05) is 39.0 Å². The molecule has 5 rings (SSSR count). The third-order valence-corrected chi connectivity index (χ3v) is 7.49. The van der Waals surface area contributed by atoms with Crippen molar-refractivity contribution in [2.45, 2.75) is 19.3 Å². The molecule has 0 spiro atoms. The van der Waals surface area contributed by atoms with Gasteiger partial charge in [0, 0.05) is 61.0 Å². The number of nitrogens with one attached hydrogen (secondary N) is 2. The van der Waals surface area contributed by atoms with Gasteiger partial charge in [-0.1, -0.05) is 24.3 Å². The number of likely N-dealkylation sites (tertiary alicyclic amines) is 1. The highest BCUT2D eigenvalue weighted by Gasteiger charge is 2.26. The fourth-order valence-electron chi connectivity index (χ4n) is 4.94. The first-order valence-corrected chi connectivity index (χ1v) is 14.1. The number of rotatable bonds is 8. The van der Waals surface area contributed by atoms with Gasteiger partial charge in [-0.25, -0.2) is 15.0 Å². The van der Waals surface area contributed by atoms with E-state index in [-0.39, 0.29) is 17.7 Å². The van der Waals surface area contributed by atoms with Gasteiger partial charge in [0.15, 0.2) is 0 Å². The lowest BCUT2D eigenvalue weighted by Gasteiger charge is -2.32. The molecule has 1 aliphatic heterocycles. The van der Waals surface area contributed by atoms with E-state index in [0.717, 1.165) is 45.3 Å². The maximum atomic E-state index is 13.2. The zero-order chi connectivity index (χ0) is 28.1. The zero-order valence-corrected chi connectivity index (χ0v) is 24.2. The Morgan fingerprint density at radius 2 is 2.02 bits per heavy atom. The number of para-hydroxylation sites is 1. The number of H-pyrrole nitrogens is 1. The number of anilines is 1. The SMILES string of the molecule is CN(C)C/C=C/C(=O)Nc1ccc(C(=O)N2CCC[C@@H](Cc3ncc(Br)c(-c4c[nH]c5ccccc45)n3)C2)nc1. The van der Waals surface area contributed by atoms with E-state index in [4.69, 9.17) is 4.98 Å². The largest absolute Gasteiger partial charge is 0.360 e. The van der Waals surface area contributed by atoms with Crippen LogP contribution in [0.4, 0.5) is 5.69 Å². The summed E-state index contributed by atoms with van der Waals surface area (Å²) in [6, 6.07) is 11.5. The Balaban J connectivity index is 1.22. The smallest absolute Gasteiger partial charge is 0.272 e. The van der Waals surface area contributed by atoms with Crippen molar-refractivity contribution in [1.29, 1.82) is 0 Å². The van der Waals surface area contributed by atoms with Gasteiger partial charge < -0.3 is 20.1 Å². The minimum atomic E-state index is -0.232. The van der Waals surface area contributed by atoms with Crippen LogP contribution in [-0.4, -0.2) is 75.3 Å². The molecule has 10 heteroatoms. The molecule has 2 N–H and O–H groups in total. The van der Waals surface area contributed by atoms with Crippen LogP contribution in [0.2, 0.25) is 0 Å². The average Bonchev–Trinajstić information content (AvgIpc) is 3.38. The second-order valence-electron chi connectivity index (χ2n) is 10.3. The Hall–Kier alpha value is -3.89. The van der Waals surface area contributed by atoms with Crippen molar-refractivity contribution in [3.63, 3.8) is 0 Å². The molecule has 1 saturated heterocycles. The number of benzene rings is 1. The van der Waals surface area contributed by atoms with Crippen LogP contribution in [0.3, 0.4) is 0 Å². The molecule has 1 fully saturated rings. The van der Waals surface area contributed by atoms with E-state index in [1.165, 1.54) is 12.3 Å². The van der Waals surface area contributed by atoms with Crippen molar-refractivity contribution in [1.82, 2.24) is 29.7 Å². The first-order chi connectivity index (χ1) is 19.4. The minimum Gasteiger partial charge on any atom is -0.360 e. The number of pyridine rings is 1. The molecule has 1 aliphatic rings. The van der Waals surface area contributed by atoms with Crippen molar-refractivity contribution >= 4 is 44.3 Å². The van der Waals surface area contributed by atoms with Crippen molar-refractivity contribution in [3.8, 4) is 11.3 Å². The van der Waals surface area contributed by atoms with Gasteiger partial charge in [0.25, 0.3) is 5.91 Å². The third-order valence-electron chi connectivity index (χ3n) is 6.91. The number of halogens is 1. The van der Waals surface area contributed by atoms with E-state index in [1.807, 2.05) is 54.5 Å². The van der Waals surface area contributed by atoms with E-state index in [1.54, 1.807) is 18.2 Å². The lowest BCUT2D eigenvalue weighted by atomic mass is 9.94. The van der Waals surface area contributed by atoms with Gasteiger partial charge in [-0.15, -0.1) is 0 Å². The number of piperidine rings is 1. The molecule has 3 aromatic heterocycles. The number of hydrogen-bond donors (Lipinski definition) is 2. The summed E-state index contributed by atoms with van der Waals surface area (Å²) in [6.45, 7) is 1.99. The van der Waals surface area contributed by atoms with Crippen molar-refractivity contribution < 1.29 is 9.59 Å². The predicted molar refractivity (Wildman–Crippen MR) is 160 cm³/mol. The quantitative estimate of drug-likeness (QED) is 0.277. The highest BCUT2D eigenvalue weighted by molar-refractivity contribution is 9.10. The Kier molecular flexibility index (Phi) is 8.66. The fourth-order valence-corrected chi connectivity index (χ4v) is 5.35. The summed E-state index contributed by atoms with van der Waals surface area (Å²) in [5.41, 5.74) is 3.86. The second kappa shape index (κ2) is 12.5. The Morgan fingerprint density at radius 1 is 1.18 bits per heavy atom. The Morgan fingerprint density at radius 3 is 2.83 bits per heavy atom. The highest BCUT2D eigenvalue weighted by Crippen LogP contribution is 2.32. The molecule has 2 amide bonds. The van der Waals surface area contributed by atoms with E-state index in [0.29, 0.717) is 37.4 Å². The molecule has 1 aromatic carbocycles. The molecule has 0 saturated carbocycles. The van der Waals surface area contributed by atoms with E-state index in [2.05, 4.69) is 42.3 Å². The fraction of sp³-hybridized carbons (Fsp3) is 0.300. The van der Waals surface area contributed by atoms with Crippen LogP contribution < -0.4 is 5.32 Å². The standard InChI is InChI=1S/C30H32BrN7O2/c1-37(2)13-6-10-28(39)35-21-11-12-26(32-16-21)30(40)38-14-5-7-20(19-38)15-27-34-18-24(31)29(36-27)23-17-33-25-9-4-3-8-22(23)25/h3-4,6,8-12,16-18,20,33H,5,7,13-15,19H2,1-2H3,(H,35,39)/b10-6+/t20-/m0/s1. The summed E-state index contributed by atoms with van der Waals surface area (Å²) in [4.78, 5) is 46.3. The van der Waals surface area contributed by atoms with Crippen LogP contribution in [0, 0.1) is 5.92 Å². The molecule has 1 atom stereocenters. The molecule has 0 radical (unpaired) electrons. The molecule has 0 bridgehead atoms. The first-order valence-electron chi connectivity index (χ1n) is 13.3. The van der Waals surface area contributed by atoms with E-state index in [9.17, 15) is 9.59 Å². The van der Waals surface area contributed by atoms with Gasteiger partial charge in [0.2, 0.25) is 5.91 Å². The number of amides is 2. The van der Waals surface area contributed by atoms with Gasteiger partial charge >= 0.3 is 0 Å². The molecule has 9 nitrogen and oxygen atoms in total. The predicted octanol–water partition coefficient (Wildman–Crippen LogP) is 4.93. The monoisotopic (exact) mass is 601 g/mol. The summed E-state index contributed by atoms with van der Waals surface area (Å²) in [5.74, 6) is 0.678. The summed E-state index contributed by atoms with van der Waals surface area (Å²) < 4.78 is 0.844. The Labute approximate surface area is 241 Å². The Bertz CT molecular complexity index is 1530. The van der Waals surface area contributed by atoms with Crippen LogP contribution in [0.15, 0.2) is 71.6 Å². The molecule has 206 valence electrons. The van der Waals surface area contributed by atoms with Gasteiger partial charge in [-0.05, 0) is 67.0 Å². The molecular formula is C30H32BrN7O2. The lowest BCUT2D eigenvalue weighted by molar-refractivity contribution is -0.111. The third kappa shape index (κ3) is 6.63. The summed E-state index contributed by atoms with van der Waals surface area (Å²) >= 11 is 3.62. The van der Waals surface area contributed by atoms with Gasteiger partial charge in [-0.2, -0.15) is 0 Å². The van der Waals surface area contributed by atoms with Crippen LogP contribution >= 0.6 is 15.9 Å². The van der Waals surface area contributed by atoms with E-state index >= 15 is 0 Å². The average molecular weight is 603 g/mol. The number of carbonyl (C=O) groups is 2. The maximum absolute atomic E-state index is 13.2. The topological polar surface area (TPSA) is 107 Å². The molecule has 0 unspecified atom stereocenters. The van der Waals surface area contributed by atoms with Gasteiger partial charge in [-0.3, -0.25) is 9.59 Å². The number of nitrogens with zero attached hydrogens (tertiary/aromatic N) is 5. The van der Waals surface area contributed by atoms with Crippen LogP contribution in [-0.2, 0) is 11.2 Å². The van der Waals surface area contributed by atoms with Crippen molar-refractivity contribution in [2.24, 2.45) is 5.92 Å². The van der Waals surface area contributed by atoms with Crippen molar-refractivity contribution in [3.05, 3.63) is 83.1 Å². The molecule has 4 aromatic rings. The number of aromatic nitrogens is 4.